The first-order chi connectivity index (χ1) is 19.7. The zero-order chi connectivity index (χ0) is 29.1. The topological polar surface area (TPSA) is 92.3 Å². The van der Waals surface area contributed by atoms with E-state index in [1.807, 2.05) is 30.1 Å². The molecule has 1 atom stereocenters. The van der Waals surface area contributed by atoms with E-state index < -0.39 is 8.07 Å². The summed E-state index contributed by atoms with van der Waals surface area (Å²) >= 11 is 0. The maximum absolute atomic E-state index is 6.04. The van der Waals surface area contributed by atoms with Crippen molar-refractivity contribution < 1.29 is 14.2 Å². The number of anilines is 1. The van der Waals surface area contributed by atoms with Gasteiger partial charge in [-0.1, -0.05) is 19.6 Å². The minimum Gasteiger partial charge on any atom is -0.383 e. The van der Waals surface area contributed by atoms with E-state index in [0.717, 1.165) is 64.3 Å². The molecule has 0 aromatic carbocycles. The minimum atomic E-state index is -1.15. The van der Waals surface area contributed by atoms with Gasteiger partial charge in [-0.3, -0.25) is 4.68 Å². The van der Waals surface area contributed by atoms with Crippen molar-refractivity contribution in [2.45, 2.75) is 65.8 Å². The second-order valence-electron chi connectivity index (χ2n) is 12.0. The number of fused-ring (bicyclic) bond motifs is 1. The standard InChI is InChI=1S/C30H43N7O3Si/c1-21-19-39-15-12-36(21)27-18-26(28-22(2)34-37(23(28)3)13-14-38-4)32-29(33-27)24-8-10-31-30-25(24)9-11-35(30)20-40-16-17-41(5,6)7/h8-11,18,21H,12-17,19-20H2,1-7H3/t21-/m1/s1. The number of ether oxygens (including phenoxy) is 3. The molecule has 1 aliphatic heterocycles. The number of morpholine rings is 1. The molecule has 11 heteroatoms. The lowest BCUT2D eigenvalue weighted by Gasteiger charge is -2.34. The highest BCUT2D eigenvalue weighted by atomic mass is 28.3. The predicted octanol–water partition coefficient (Wildman–Crippen LogP) is 5.16. The summed E-state index contributed by atoms with van der Waals surface area (Å²) in [5.41, 5.74) is 5.71. The van der Waals surface area contributed by atoms with Crippen molar-refractivity contribution in [1.29, 1.82) is 0 Å². The second kappa shape index (κ2) is 12.4. The van der Waals surface area contributed by atoms with Crippen LogP contribution in [0, 0.1) is 13.8 Å². The summed E-state index contributed by atoms with van der Waals surface area (Å²) in [5, 5.41) is 5.81. The smallest absolute Gasteiger partial charge is 0.162 e. The van der Waals surface area contributed by atoms with Gasteiger partial charge in [0.25, 0.3) is 0 Å². The van der Waals surface area contributed by atoms with Crippen molar-refractivity contribution in [3.05, 3.63) is 42.0 Å². The number of methoxy groups -OCH3 is 1. The van der Waals surface area contributed by atoms with Crippen molar-refractivity contribution in [2.75, 3.05) is 45.0 Å². The fraction of sp³-hybridized carbons (Fsp3) is 0.533. The molecule has 1 fully saturated rings. The number of hydrogen-bond acceptors (Lipinski definition) is 8. The van der Waals surface area contributed by atoms with Crippen LogP contribution in [0.5, 0.6) is 0 Å². The first-order valence-electron chi connectivity index (χ1n) is 14.4. The van der Waals surface area contributed by atoms with Crippen molar-refractivity contribution in [2.24, 2.45) is 0 Å². The molecule has 0 aliphatic carbocycles. The lowest BCUT2D eigenvalue weighted by molar-refractivity contribution is 0.0899. The molecule has 0 N–H and O–H groups in total. The number of hydrogen-bond donors (Lipinski definition) is 0. The largest absolute Gasteiger partial charge is 0.383 e. The normalized spacial score (nSPS) is 16.2. The summed E-state index contributed by atoms with van der Waals surface area (Å²) in [7, 11) is 0.561. The summed E-state index contributed by atoms with van der Waals surface area (Å²) in [6, 6.07) is 7.53. The number of pyridine rings is 1. The molecule has 5 rings (SSSR count). The Hall–Kier alpha value is -3.12. The van der Waals surface area contributed by atoms with Crippen molar-refractivity contribution in [1.82, 2.24) is 29.3 Å². The molecule has 10 nitrogen and oxygen atoms in total. The van der Waals surface area contributed by atoms with Gasteiger partial charge in [0.15, 0.2) is 5.82 Å². The fourth-order valence-corrected chi connectivity index (χ4v) is 6.05. The number of aromatic nitrogens is 6. The average Bonchev–Trinajstić information content (AvgIpc) is 3.48. The van der Waals surface area contributed by atoms with E-state index in [4.69, 9.17) is 34.3 Å². The Kier molecular flexibility index (Phi) is 8.88. The van der Waals surface area contributed by atoms with E-state index in [2.05, 4.69) is 55.1 Å². The number of rotatable bonds is 11. The summed E-state index contributed by atoms with van der Waals surface area (Å²) in [6.07, 6.45) is 3.88. The van der Waals surface area contributed by atoms with E-state index in [-0.39, 0.29) is 6.04 Å². The van der Waals surface area contributed by atoms with E-state index in [1.54, 1.807) is 7.11 Å². The van der Waals surface area contributed by atoms with Crippen LogP contribution in [0.15, 0.2) is 30.6 Å². The van der Waals surface area contributed by atoms with Crippen molar-refractivity contribution in [3.8, 4) is 22.6 Å². The fourth-order valence-electron chi connectivity index (χ4n) is 5.29. The van der Waals surface area contributed by atoms with Gasteiger partial charge in [-0.05, 0) is 38.9 Å². The summed E-state index contributed by atoms with van der Waals surface area (Å²) in [6.45, 7) is 18.0. The molecule has 0 unspecified atom stereocenters. The summed E-state index contributed by atoms with van der Waals surface area (Å²) < 4.78 is 21.1. The van der Waals surface area contributed by atoms with Crippen LogP contribution < -0.4 is 4.90 Å². The molecule has 4 aromatic rings. The minimum absolute atomic E-state index is 0.206. The molecule has 0 bridgehead atoms. The molecule has 0 amide bonds. The van der Waals surface area contributed by atoms with Gasteiger partial charge in [-0.2, -0.15) is 5.10 Å². The monoisotopic (exact) mass is 577 g/mol. The van der Waals surface area contributed by atoms with Crippen LogP contribution >= 0.6 is 0 Å². The molecule has 4 aromatic heterocycles. The van der Waals surface area contributed by atoms with E-state index >= 15 is 0 Å². The van der Waals surface area contributed by atoms with Gasteiger partial charge in [-0.25, -0.2) is 15.0 Å². The van der Waals surface area contributed by atoms with Gasteiger partial charge in [0.1, 0.15) is 18.2 Å². The molecule has 0 radical (unpaired) electrons. The highest BCUT2D eigenvalue weighted by Crippen LogP contribution is 2.33. The maximum atomic E-state index is 6.04. The van der Waals surface area contributed by atoms with Crippen LogP contribution in [0.4, 0.5) is 5.82 Å². The molecular weight excluding hydrogens is 534 g/mol. The van der Waals surface area contributed by atoms with E-state index in [1.165, 1.54) is 0 Å². The van der Waals surface area contributed by atoms with Gasteiger partial charge < -0.3 is 23.7 Å². The molecule has 1 saturated heterocycles. The summed E-state index contributed by atoms with van der Waals surface area (Å²) in [5.74, 6) is 1.56. The van der Waals surface area contributed by atoms with Crippen molar-refractivity contribution >= 4 is 24.9 Å². The Morgan fingerprint density at radius 3 is 2.71 bits per heavy atom. The third kappa shape index (κ3) is 6.53. The lowest BCUT2D eigenvalue weighted by Crippen LogP contribution is -2.44. The Bertz CT molecular complexity index is 1490. The highest BCUT2D eigenvalue weighted by Gasteiger charge is 2.25. The molecule has 220 valence electrons. The van der Waals surface area contributed by atoms with Crippen LogP contribution in [0.3, 0.4) is 0 Å². The van der Waals surface area contributed by atoms with Gasteiger partial charge >= 0.3 is 0 Å². The van der Waals surface area contributed by atoms with Gasteiger partial charge in [0.2, 0.25) is 0 Å². The van der Waals surface area contributed by atoms with Gasteiger partial charge in [0.05, 0.1) is 43.8 Å². The quantitative estimate of drug-likeness (QED) is 0.178. The SMILES string of the molecule is COCCn1nc(C)c(-c2cc(N3CCOC[C@H]3C)nc(-c3ccnc4c3ccn4COCC[Si](C)(C)C)n2)c1C. The lowest BCUT2D eigenvalue weighted by atomic mass is 10.1. The third-order valence-corrected chi connectivity index (χ3v) is 9.35. The molecule has 0 spiro atoms. The number of aryl methyl sites for hydroxylation is 1. The first kappa shape index (κ1) is 29.4. The zero-order valence-electron chi connectivity index (χ0n) is 25.5. The van der Waals surface area contributed by atoms with E-state index in [9.17, 15) is 0 Å². The molecule has 41 heavy (non-hydrogen) atoms. The third-order valence-electron chi connectivity index (χ3n) is 7.65. The van der Waals surface area contributed by atoms with Crippen LogP contribution in [-0.4, -0.2) is 83.5 Å². The zero-order valence-corrected chi connectivity index (χ0v) is 26.5. The molecule has 5 heterocycles. The summed E-state index contributed by atoms with van der Waals surface area (Å²) in [4.78, 5) is 17.3. The Morgan fingerprint density at radius 2 is 1.95 bits per heavy atom. The van der Waals surface area contributed by atoms with Gasteiger partial charge in [-0.15, -0.1) is 0 Å². The van der Waals surface area contributed by atoms with Crippen LogP contribution in [-0.2, 0) is 27.5 Å². The first-order valence-corrected chi connectivity index (χ1v) is 18.2. The Morgan fingerprint density at radius 1 is 1.12 bits per heavy atom. The predicted molar refractivity (Wildman–Crippen MR) is 165 cm³/mol. The van der Waals surface area contributed by atoms with E-state index in [0.29, 0.717) is 38.9 Å². The Labute approximate surface area is 243 Å². The second-order valence-corrected chi connectivity index (χ2v) is 17.7. The van der Waals surface area contributed by atoms with Crippen LogP contribution in [0.2, 0.25) is 25.7 Å². The van der Waals surface area contributed by atoms with Crippen molar-refractivity contribution in [3.63, 3.8) is 0 Å². The maximum Gasteiger partial charge on any atom is 0.162 e. The molecule has 1 aliphatic rings. The van der Waals surface area contributed by atoms with Crippen LogP contribution in [0.25, 0.3) is 33.7 Å². The van der Waals surface area contributed by atoms with Gasteiger partial charge in [0, 0.05) is 69.0 Å². The number of nitrogens with zero attached hydrogens (tertiary/aromatic N) is 7. The molecular formula is C30H43N7O3Si. The highest BCUT2D eigenvalue weighted by molar-refractivity contribution is 6.76. The Balaban J connectivity index is 1.56. The molecule has 0 saturated carbocycles. The average molecular weight is 578 g/mol. The van der Waals surface area contributed by atoms with Crippen LogP contribution in [0.1, 0.15) is 18.3 Å².